The third-order valence-corrected chi connectivity index (χ3v) is 2.89. The summed E-state index contributed by atoms with van der Waals surface area (Å²) in [6.45, 7) is 0.568. The summed E-state index contributed by atoms with van der Waals surface area (Å²) in [5.41, 5.74) is 8.53. The SMILES string of the molecule is COCc1cccc(Nc2nc(N)cn3ccnc23)c1. The quantitative estimate of drug-likeness (QED) is 0.759. The van der Waals surface area contributed by atoms with Gasteiger partial charge in [-0.05, 0) is 17.7 Å². The maximum absolute atomic E-state index is 5.80. The van der Waals surface area contributed by atoms with Gasteiger partial charge in [0.15, 0.2) is 11.5 Å². The lowest BCUT2D eigenvalue weighted by Crippen LogP contribution is -2.02. The molecule has 0 spiro atoms. The van der Waals surface area contributed by atoms with Crippen molar-refractivity contribution in [2.75, 3.05) is 18.2 Å². The van der Waals surface area contributed by atoms with Crippen LogP contribution in [0.25, 0.3) is 5.65 Å². The van der Waals surface area contributed by atoms with Gasteiger partial charge in [0.05, 0.1) is 12.8 Å². The molecule has 0 fully saturated rings. The van der Waals surface area contributed by atoms with E-state index in [9.17, 15) is 0 Å². The molecule has 0 saturated carbocycles. The Labute approximate surface area is 116 Å². The van der Waals surface area contributed by atoms with E-state index in [4.69, 9.17) is 10.5 Å². The smallest absolute Gasteiger partial charge is 0.180 e. The Morgan fingerprint density at radius 3 is 3.15 bits per heavy atom. The first-order valence-electron chi connectivity index (χ1n) is 6.20. The van der Waals surface area contributed by atoms with E-state index in [-0.39, 0.29) is 0 Å². The molecule has 6 heteroatoms. The monoisotopic (exact) mass is 269 g/mol. The van der Waals surface area contributed by atoms with Crippen LogP contribution in [0.15, 0.2) is 42.9 Å². The zero-order valence-electron chi connectivity index (χ0n) is 11.1. The Morgan fingerprint density at radius 2 is 2.30 bits per heavy atom. The Morgan fingerprint density at radius 1 is 1.40 bits per heavy atom. The second-order valence-electron chi connectivity index (χ2n) is 4.43. The van der Waals surface area contributed by atoms with E-state index in [2.05, 4.69) is 15.3 Å². The van der Waals surface area contributed by atoms with Crippen LogP contribution in [0.3, 0.4) is 0 Å². The van der Waals surface area contributed by atoms with Crippen molar-refractivity contribution >= 4 is 23.0 Å². The highest BCUT2D eigenvalue weighted by Crippen LogP contribution is 2.21. The number of aromatic nitrogens is 3. The number of hydrogen-bond acceptors (Lipinski definition) is 5. The number of fused-ring (bicyclic) bond motifs is 1. The third kappa shape index (κ3) is 2.41. The molecule has 0 saturated heterocycles. The summed E-state index contributed by atoms with van der Waals surface area (Å²) in [4.78, 5) is 8.57. The second-order valence-corrected chi connectivity index (χ2v) is 4.43. The van der Waals surface area contributed by atoms with E-state index in [1.807, 2.05) is 34.9 Å². The fraction of sp³-hybridized carbons (Fsp3) is 0.143. The molecule has 0 bridgehead atoms. The van der Waals surface area contributed by atoms with Gasteiger partial charge in [0.1, 0.15) is 5.82 Å². The molecule has 0 radical (unpaired) electrons. The maximum atomic E-state index is 5.80. The van der Waals surface area contributed by atoms with Gasteiger partial charge in [-0.25, -0.2) is 9.97 Å². The number of ether oxygens (including phenoxy) is 1. The highest BCUT2D eigenvalue weighted by Gasteiger charge is 2.06. The number of rotatable bonds is 4. The van der Waals surface area contributed by atoms with Crippen LogP contribution in [-0.2, 0) is 11.3 Å². The number of imidazole rings is 1. The van der Waals surface area contributed by atoms with Crippen molar-refractivity contribution in [1.82, 2.24) is 14.4 Å². The van der Waals surface area contributed by atoms with Gasteiger partial charge in [-0.2, -0.15) is 0 Å². The maximum Gasteiger partial charge on any atom is 0.180 e. The van der Waals surface area contributed by atoms with Crippen LogP contribution in [0.2, 0.25) is 0 Å². The lowest BCUT2D eigenvalue weighted by molar-refractivity contribution is 0.185. The van der Waals surface area contributed by atoms with Crippen molar-refractivity contribution in [1.29, 1.82) is 0 Å². The third-order valence-electron chi connectivity index (χ3n) is 2.89. The standard InChI is InChI=1S/C14H15N5O/c1-20-9-10-3-2-4-11(7-10)17-13-14-16-5-6-19(14)8-12(15)18-13/h2-8H,9,15H2,1H3,(H,17,18). The van der Waals surface area contributed by atoms with Crippen molar-refractivity contribution in [2.45, 2.75) is 6.61 Å². The molecule has 0 amide bonds. The summed E-state index contributed by atoms with van der Waals surface area (Å²) < 4.78 is 6.97. The zero-order chi connectivity index (χ0) is 13.9. The van der Waals surface area contributed by atoms with Crippen LogP contribution in [0.1, 0.15) is 5.56 Å². The molecule has 1 aromatic carbocycles. The minimum absolute atomic E-state index is 0.436. The Hall–Kier alpha value is -2.60. The predicted molar refractivity (Wildman–Crippen MR) is 77.8 cm³/mol. The number of anilines is 3. The molecule has 0 unspecified atom stereocenters. The lowest BCUT2D eigenvalue weighted by Gasteiger charge is -2.09. The Bertz CT molecular complexity index is 737. The molecule has 6 nitrogen and oxygen atoms in total. The van der Waals surface area contributed by atoms with E-state index >= 15 is 0 Å². The molecule has 3 N–H and O–H groups in total. The number of nitrogens with zero attached hydrogens (tertiary/aromatic N) is 3. The van der Waals surface area contributed by atoms with Gasteiger partial charge < -0.3 is 20.2 Å². The molecule has 0 aliphatic carbocycles. The van der Waals surface area contributed by atoms with Gasteiger partial charge in [-0.1, -0.05) is 12.1 Å². The summed E-state index contributed by atoms with van der Waals surface area (Å²) in [5, 5.41) is 3.24. The molecule has 3 aromatic rings. The molecule has 2 aromatic heterocycles. The lowest BCUT2D eigenvalue weighted by atomic mass is 10.2. The van der Waals surface area contributed by atoms with E-state index in [1.54, 1.807) is 19.5 Å². The summed E-state index contributed by atoms with van der Waals surface area (Å²) in [7, 11) is 1.67. The van der Waals surface area contributed by atoms with E-state index in [0.29, 0.717) is 18.2 Å². The van der Waals surface area contributed by atoms with Crippen LogP contribution in [0.4, 0.5) is 17.3 Å². The molecule has 20 heavy (non-hydrogen) atoms. The number of nitrogens with one attached hydrogen (secondary N) is 1. The van der Waals surface area contributed by atoms with Crippen LogP contribution in [0, 0.1) is 0 Å². The van der Waals surface area contributed by atoms with Crippen LogP contribution in [-0.4, -0.2) is 21.5 Å². The van der Waals surface area contributed by atoms with Crippen molar-refractivity contribution in [3.8, 4) is 0 Å². The summed E-state index contributed by atoms with van der Waals surface area (Å²) in [6, 6.07) is 7.94. The fourth-order valence-corrected chi connectivity index (χ4v) is 2.08. The van der Waals surface area contributed by atoms with E-state index < -0.39 is 0 Å². The molecular formula is C14H15N5O. The predicted octanol–water partition coefficient (Wildman–Crippen LogP) is 2.20. The Kier molecular flexibility index (Phi) is 3.22. The molecule has 0 aliphatic heterocycles. The number of nitrogens with two attached hydrogens (primary N) is 1. The van der Waals surface area contributed by atoms with Gasteiger partial charge in [-0.15, -0.1) is 0 Å². The highest BCUT2D eigenvalue weighted by molar-refractivity contribution is 5.71. The first-order valence-corrected chi connectivity index (χ1v) is 6.20. The minimum Gasteiger partial charge on any atom is -0.382 e. The van der Waals surface area contributed by atoms with Gasteiger partial charge in [0.2, 0.25) is 0 Å². The number of benzene rings is 1. The highest BCUT2D eigenvalue weighted by atomic mass is 16.5. The van der Waals surface area contributed by atoms with E-state index in [0.717, 1.165) is 16.9 Å². The molecule has 102 valence electrons. The summed E-state index contributed by atoms with van der Waals surface area (Å²) in [5.74, 6) is 1.07. The van der Waals surface area contributed by atoms with Crippen molar-refractivity contribution in [2.24, 2.45) is 0 Å². The summed E-state index contributed by atoms with van der Waals surface area (Å²) in [6.07, 6.45) is 5.28. The van der Waals surface area contributed by atoms with Crippen molar-refractivity contribution in [3.63, 3.8) is 0 Å². The molecular weight excluding hydrogens is 254 g/mol. The number of hydrogen-bond donors (Lipinski definition) is 2. The topological polar surface area (TPSA) is 77.5 Å². The number of nitrogen functional groups attached to an aromatic ring is 1. The van der Waals surface area contributed by atoms with Gasteiger partial charge in [-0.3, -0.25) is 0 Å². The van der Waals surface area contributed by atoms with Gasteiger partial charge in [0.25, 0.3) is 0 Å². The zero-order valence-corrected chi connectivity index (χ0v) is 11.1. The molecule has 2 heterocycles. The largest absolute Gasteiger partial charge is 0.382 e. The first-order chi connectivity index (χ1) is 9.76. The molecule has 3 rings (SSSR count). The fourth-order valence-electron chi connectivity index (χ4n) is 2.08. The van der Waals surface area contributed by atoms with Crippen LogP contribution < -0.4 is 11.1 Å². The van der Waals surface area contributed by atoms with Crippen molar-refractivity contribution in [3.05, 3.63) is 48.4 Å². The Balaban J connectivity index is 1.96. The van der Waals surface area contributed by atoms with Crippen LogP contribution >= 0.6 is 0 Å². The molecule has 0 atom stereocenters. The second kappa shape index (κ2) is 5.18. The number of methoxy groups -OCH3 is 1. The van der Waals surface area contributed by atoms with Gasteiger partial charge >= 0.3 is 0 Å². The summed E-state index contributed by atoms with van der Waals surface area (Å²) >= 11 is 0. The minimum atomic E-state index is 0.436. The average molecular weight is 269 g/mol. The average Bonchev–Trinajstić information content (AvgIpc) is 2.87. The van der Waals surface area contributed by atoms with Gasteiger partial charge in [0, 0.05) is 25.2 Å². The van der Waals surface area contributed by atoms with Crippen molar-refractivity contribution < 1.29 is 4.74 Å². The molecule has 0 aliphatic rings. The van der Waals surface area contributed by atoms with Crippen LogP contribution in [0.5, 0.6) is 0 Å². The normalized spacial score (nSPS) is 10.8. The van der Waals surface area contributed by atoms with E-state index in [1.165, 1.54) is 0 Å². The first kappa shape index (κ1) is 12.4.